The van der Waals surface area contributed by atoms with Crippen molar-refractivity contribution in [1.82, 2.24) is 0 Å². The monoisotopic (exact) mass is 375 g/mol. The standard InChI is InChI=1S/C19H22ClN3O3/c1-25-15-7-5-14(6-8-15)22-18(24)13-21-17-4-2-3-16(20)19(17)23-9-11-26-12-10-23/h2-8,21H,9-13H2,1H3,(H,22,24). The summed E-state index contributed by atoms with van der Waals surface area (Å²) in [5.41, 5.74) is 2.47. The van der Waals surface area contributed by atoms with E-state index >= 15 is 0 Å². The first kappa shape index (κ1) is 18.4. The summed E-state index contributed by atoms with van der Waals surface area (Å²) in [7, 11) is 1.61. The quantitative estimate of drug-likeness (QED) is 0.811. The normalized spacial score (nSPS) is 14.0. The number of benzene rings is 2. The number of carbonyl (C=O) groups is 1. The Morgan fingerprint density at radius 1 is 1.19 bits per heavy atom. The van der Waals surface area contributed by atoms with Crippen molar-refractivity contribution in [3.8, 4) is 5.75 Å². The van der Waals surface area contributed by atoms with E-state index in [1.807, 2.05) is 18.2 Å². The Morgan fingerprint density at radius 3 is 2.62 bits per heavy atom. The lowest BCUT2D eigenvalue weighted by molar-refractivity contribution is -0.114. The van der Waals surface area contributed by atoms with E-state index in [1.165, 1.54) is 0 Å². The molecule has 1 aliphatic heterocycles. The molecule has 0 bridgehead atoms. The average molecular weight is 376 g/mol. The van der Waals surface area contributed by atoms with Gasteiger partial charge < -0.3 is 25.0 Å². The van der Waals surface area contributed by atoms with E-state index in [0.29, 0.717) is 18.2 Å². The molecule has 0 saturated carbocycles. The molecule has 0 unspecified atom stereocenters. The Labute approximate surface area is 158 Å². The van der Waals surface area contributed by atoms with Gasteiger partial charge in [-0.05, 0) is 36.4 Å². The summed E-state index contributed by atoms with van der Waals surface area (Å²) in [6, 6.07) is 12.9. The molecule has 0 spiro atoms. The topological polar surface area (TPSA) is 62.8 Å². The molecule has 0 aliphatic carbocycles. The number of methoxy groups -OCH3 is 1. The van der Waals surface area contributed by atoms with E-state index in [0.717, 1.165) is 35.9 Å². The van der Waals surface area contributed by atoms with Crippen molar-refractivity contribution in [3.63, 3.8) is 0 Å². The second kappa shape index (κ2) is 8.78. The van der Waals surface area contributed by atoms with Gasteiger partial charge in [0.2, 0.25) is 5.91 Å². The van der Waals surface area contributed by atoms with Crippen LogP contribution in [0.1, 0.15) is 0 Å². The molecule has 6 nitrogen and oxygen atoms in total. The summed E-state index contributed by atoms with van der Waals surface area (Å²) in [6.07, 6.45) is 0. The highest BCUT2D eigenvalue weighted by Crippen LogP contribution is 2.34. The number of ether oxygens (including phenoxy) is 2. The number of nitrogens with one attached hydrogen (secondary N) is 2. The molecule has 1 aliphatic rings. The van der Waals surface area contributed by atoms with Crippen molar-refractivity contribution in [2.75, 3.05) is 55.5 Å². The van der Waals surface area contributed by atoms with Crippen LogP contribution in [-0.4, -0.2) is 45.9 Å². The lowest BCUT2D eigenvalue weighted by Crippen LogP contribution is -2.37. The fourth-order valence-electron chi connectivity index (χ4n) is 2.82. The smallest absolute Gasteiger partial charge is 0.243 e. The highest BCUT2D eigenvalue weighted by molar-refractivity contribution is 6.34. The zero-order valence-electron chi connectivity index (χ0n) is 14.6. The van der Waals surface area contributed by atoms with Gasteiger partial charge in [-0.3, -0.25) is 4.79 Å². The Morgan fingerprint density at radius 2 is 1.92 bits per heavy atom. The summed E-state index contributed by atoms with van der Waals surface area (Å²) < 4.78 is 10.5. The highest BCUT2D eigenvalue weighted by Gasteiger charge is 2.18. The van der Waals surface area contributed by atoms with Gasteiger partial charge in [0.1, 0.15) is 5.75 Å². The Kier molecular flexibility index (Phi) is 6.20. The number of hydrogen-bond acceptors (Lipinski definition) is 5. The maximum absolute atomic E-state index is 12.2. The van der Waals surface area contributed by atoms with Crippen LogP contribution in [0.2, 0.25) is 5.02 Å². The molecule has 1 amide bonds. The van der Waals surface area contributed by atoms with Gasteiger partial charge in [-0.25, -0.2) is 0 Å². The first-order valence-corrected chi connectivity index (χ1v) is 8.84. The van der Waals surface area contributed by atoms with Crippen LogP contribution in [0.5, 0.6) is 5.75 Å². The lowest BCUT2D eigenvalue weighted by atomic mass is 10.2. The van der Waals surface area contributed by atoms with Gasteiger partial charge in [0, 0.05) is 18.8 Å². The first-order valence-electron chi connectivity index (χ1n) is 8.46. The van der Waals surface area contributed by atoms with Crippen LogP contribution >= 0.6 is 11.6 Å². The number of hydrogen-bond donors (Lipinski definition) is 2. The first-order chi connectivity index (χ1) is 12.7. The number of carbonyl (C=O) groups excluding carboxylic acids is 1. The average Bonchev–Trinajstić information content (AvgIpc) is 2.67. The van der Waals surface area contributed by atoms with Gasteiger partial charge in [-0.15, -0.1) is 0 Å². The number of amides is 1. The zero-order valence-corrected chi connectivity index (χ0v) is 15.4. The van der Waals surface area contributed by atoms with Gasteiger partial charge >= 0.3 is 0 Å². The molecule has 1 saturated heterocycles. The summed E-state index contributed by atoms with van der Waals surface area (Å²) in [5, 5.41) is 6.70. The van der Waals surface area contributed by atoms with E-state index < -0.39 is 0 Å². The molecule has 0 atom stereocenters. The van der Waals surface area contributed by atoms with Crippen LogP contribution in [0.3, 0.4) is 0 Å². The molecule has 26 heavy (non-hydrogen) atoms. The van der Waals surface area contributed by atoms with Crippen molar-refractivity contribution >= 4 is 34.6 Å². The third-order valence-corrected chi connectivity index (χ3v) is 4.43. The van der Waals surface area contributed by atoms with Crippen LogP contribution in [0, 0.1) is 0 Å². The summed E-state index contributed by atoms with van der Waals surface area (Å²) in [4.78, 5) is 14.4. The Bertz CT molecular complexity index is 746. The van der Waals surface area contributed by atoms with Crippen LogP contribution in [0.4, 0.5) is 17.1 Å². The van der Waals surface area contributed by atoms with Crippen LogP contribution in [0.15, 0.2) is 42.5 Å². The number of rotatable bonds is 6. The minimum atomic E-state index is -0.136. The molecule has 2 N–H and O–H groups in total. The third kappa shape index (κ3) is 4.59. The predicted molar refractivity (Wildman–Crippen MR) is 105 cm³/mol. The third-order valence-electron chi connectivity index (χ3n) is 4.13. The molecular formula is C19H22ClN3O3. The fraction of sp³-hybridized carbons (Fsp3) is 0.316. The molecule has 0 aromatic heterocycles. The fourth-order valence-corrected chi connectivity index (χ4v) is 3.12. The zero-order chi connectivity index (χ0) is 18.4. The van der Waals surface area contributed by atoms with Crippen molar-refractivity contribution in [2.24, 2.45) is 0 Å². The Hall–Kier alpha value is -2.44. The molecule has 2 aromatic carbocycles. The molecule has 1 fully saturated rings. The SMILES string of the molecule is COc1ccc(NC(=O)CNc2cccc(Cl)c2N2CCOCC2)cc1. The van der Waals surface area contributed by atoms with Crippen molar-refractivity contribution < 1.29 is 14.3 Å². The maximum atomic E-state index is 12.2. The highest BCUT2D eigenvalue weighted by atomic mass is 35.5. The number of para-hydroxylation sites is 1. The van der Waals surface area contributed by atoms with Gasteiger partial charge in [0.15, 0.2) is 0 Å². The van der Waals surface area contributed by atoms with E-state index in [9.17, 15) is 4.79 Å². The van der Waals surface area contributed by atoms with E-state index in [1.54, 1.807) is 31.4 Å². The minimum absolute atomic E-state index is 0.136. The molecular weight excluding hydrogens is 354 g/mol. The second-order valence-electron chi connectivity index (χ2n) is 5.87. The Balaban J connectivity index is 1.63. The lowest BCUT2D eigenvalue weighted by Gasteiger charge is -2.31. The van der Waals surface area contributed by atoms with E-state index in [4.69, 9.17) is 21.1 Å². The number of morpholine rings is 1. The predicted octanol–water partition coefficient (Wildman–Crippen LogP) is 3.24. The van der Waals surface area contributed by atoms with Gasteiger partial charge in [-0.1, -0.05) is 17.7 Å². The van der Waals surface area contributed by atoms with Gasteiger partial charge in [-0.2, -0.15) is 0 Å². The van der Waals surface area contributed by atoms with Gasteiger partial charge in [0.25, 0.3) is 0 Å². The summed E-state index contributed by atoms with van der Waals surface area (Å²) in [5.74, 6) is 0.610. The molecule has 0 radical (unpaired) electrons. The van der Waals surface area contributed by atoms with Crippen LogP contribution in [0.25, 0.3) is 0 Å². The van der Waals surface area contributed by atoms with Crippen molar-refractivity contribution in [3.05, 3.63) is 47.5 Å². The van der Waals surface area contributed by atoms with Crippen molar-refractivity contribution in [1.29, 1.82) is 0 Å². The number of halogens is 1. The summed E-state index contributed by atoms with van der Waals surface area (Å²) in [6.45, 7) is 3.03. The number of anilines is 3. The van der Waals surface area contributed by atoms with E-state index in [2.05, 4.69) is 15.5 Å². The van der Waals surface area contributed by atoms with Gasteiger partial charge in [0.05, 0.1) is 43.3 Å². The minimum Gasteiger partial charge on any atom is -0.497 e. The molecule has 3 rings (SSSR count). The molecule has 2 aromatic rings. The number of nitrogens with zero attached hydrogens (tertiary/aromatic N) is 1. The van der Waals surface area contributed by atoms with Crippen molar-refractivity contribution in [2.45, 2.75) is 0 Å². The largest absolute Gasteiger partial charge is 0.497 e. The van der Waals surface area contributed by atoms with E-state index in [-0.39, 0.29) is 12.5 Å². The maximum Gasteiger partial charge on any atom is 0.243 e. The molecule has 138 valence electrons. The second-order valence-corrected chi connectivity index (χ2v) is 6.27. The summed E-state index contributed by atoms with van der Waals surface area (Å²) >= 11 is 6.40. The van der Waals surface area contributed by atoms with Crippen LogP contribution in [-0.2, 0) is 9.53 Å². The van der Waals surface area contributed by atoms with Crippen LogP contribution < -0.4 is 20.3 Å². The molecule has 7 heteroatoms. The molecule has 1 heterocycles.